The summed E-state index contributed by atoms with van der Waals surface area (Å²) in [4.78, 5) is 30.4. The summed E-state index contributed by atoms with van der Waals surface area (Å²) in [6, 6.07) is 4.14. The fourth-order valence-electron chi connectivity index (χ4n) is 1.54. The number of nitrogen functional groups attached to an aromatic ring is 2. The van der Waals surface area contributed by atoms with Gasteiger partial charge in [-0.1, -0.05) is 6.07 Å². The van der Waals surface area contributed by atoms with E-state index < -0.39 is 23.7 Å². The molecule has 2 amide bonds. The SMILES string of the molecule is CN(C)C(=O)Nc1ncc(C(=O)O)c(N)n1.Nc1cccc(C(F)(F)F)c1. The number of carbonyl (C=O) groups is 2. The van der Waals surface area contributed by atoms with E-state index in [0.717, 1.165) is 18.3 Å². The molecule has 6 N–H and O–H groups in total. The molecule has 27 heavy (non-hydrogen) atoms. The van der Waals surface area contributed by atoms with Crippen LogP contribution in [0.4, 0.5) is 35.4 Å². The molecule has 0 atom stereocenters. The predicted octanol–water partition coefficient (Wildman–Crippen LogP) is 2.14. The average molecular weight is 386 g/mol. The van der Waals surface area contributed by atoms with Crippen molar-refractivity contribution in [3.8, 4) is 0 Å². The van der Waals surface area contributed by atoms with Crippen molar-refractivity contribution in [3.63, 3.8) is 0 Å². The maximum absolute atomic E-state index is 11.9. The number of nitrogens with one attached hydrogen (secondary N) is 1. The number of nitrogens with two attached hydrogens (primary N) is 2. The van der Waals surface area contributed by atoms with E-state index in [1.807, 2.05) is 0 Å². The first-order valence-corrected chi connectivity index (χ1v) is 7.18. The third-order valence-electron chi connectivity index (χ3n) is 2.89. The van der Waals surface area contributed by atoms with Crippen molar-refractivity contribution in [1.29, 1.82) is 0 Å². The highest BCUT2D eigenvalue weighted by Gasteiger charge is 2.30. The van der Waals surface area contributed by atoms with Gasteiger partial charge in [0.2, 0.25) is 5.95 Å². The van der Waals surface area contributed by atoms with E-state index in [9.17, 15) is 22.8 Å². The van der Waals surface area contributed by atoms with E-state index in [2.05, 4.69) is 15.3 Å². The number of hydrogen-bond donors (Lipinski definition) is 4. The number of nitrogens with zero attached hydrogens (tertiary/aromatic N) is 3. The highest BCUT2D eigenvalue weighted by atomic mass is 19.4. The lowest BCUT2D eigenvalue weighted by Gasteiger charge is -2.10. The van der Waals surface area contributed by atoms with Crippen LogP contribution in [0.15, 0.2) is 30.5 Å². The highest BCUT2D eigenvalue weighted by Crippen LogP contribution is 2.29. The molecule has 1 aromatic heterocycles. The number of rotatable bonds is 2. The molecule has 1 heterocycles. The standard InChI is InChI=1S/C8H11N5O3.C7H6F3N/c1-13(2)8(16)12-7-10-3-4(6(14)15)5(9)11-7;8-7(9,10)5-2-1-3-6(11)4-5/h3H,1-2H3,(H,14,15)(H3,9,10,11,12,16);1-4H,11H2. The fourth-order valence-corrected chi connectivity index (χ4v) is 1.54. The summed E-state index contributed by atoms with van der Waals surface area (Å²) in [7, 11) is 3.09. The molecule has 0 aliphatic carbocycles. The van der Waals surface area contributed by atoms with Gasteiger partial charge in [-0.2, -0.15) is 18.2 Å². The van der Waals surface area contributed by atoms with Crippen LogP contribution in [0, 0.1) is 0 Å². The number of carboxylic acids is 1. The normalized spacial score (nSPS) is 10.4. The largest absolute Gasteiger partial charge is 0.477 e. The maximum atomic E-state index is 11.9. The van der Waals surface area contributed by atoms with Crippen LogP contribution in [-0.2, 0) is 6.18 Å². The van der Waals surface area contributed by atoms with Crippen molar-refractivity contribution < 1.29 is 27.9 Å². The summed E-state index contributed by atoms with van der Waals surface area (Å²) in [5, 5.41) is 11.0. The Morgan fingerprint density at radius 2 is 1.85 bits per heavy atom. The number of carboxylic acid groups (broad SMARTS) is 1. The number of amides is 2. The van der Waals surface area contributed by atoms with Crippen LogP contribution >= 0.6 is 0 Å². The van der Waals surface area contributed by atoms with Gasteiger partial charge in [-0.05, 0) is 18.2 Å². The summed E-state index contributed by atoms with van der Waals surface area (Å²) in [6.07, 6.45) is -3.26. The Labute approximate surface area is 151 Å². The van der Waals surface area contributed by atoms with Crippen LogP contribution in [-0.4, -0.2) is 46.1 Å². The minimum absolute atomic E-state index is 0.0406. The third kappa shape index (κ3) is 6.68. The van der Waals surface area contributed by atoms with E-state index in [1.54, 1.807) is 14.1 Å². The number of aromatic carboxylic acids is 1. The van der Waals surface area contributed by atoms with Crippen LogP contribution in [0.1, 0.15) is 15.9 Å². The van der Waals surface area contributed by atoms with Gasteiger partial charge in [-0.3, -0.25) is 5.32 Å². The van der Waals surface area contributed by atoms with Gasteiger partial charge < -0.3 is 21.5 Å². The molecule has 0 bridgehead atoms. The fraction of sp³-hybridized carbons (Fsp3) is 0.200. The number of alkyl halides is 3. The molecule has 0 spiro atoms. The summed E-state index contributed by atoms with van der Waals surface area (Å²) >= 11 is 0. The molecule has 0 aliphatic rings. The molecule has 0 radical (unpaired) electrons. The van der Waals surface area contributed by atoms with E-state index in [-0.39, 0.29) is 23.0 Å². The number of anilines is 3. The van der Waals surface area contributed by atoms with E-state index >= 15 is 0 Å². The molecular formula is C15H17F3N6O3. The molecule has 9 nitrogen and oxygen atoms in total. The van der Waals surface area contributed by atoms with Crippen LogP contribution in [0.3, 0.4) is 0 Å². The smallest absolute Gasteiger partial charge is 0.416 e. The van der Waals surface area contributed by atoms with E-state index in [4.69, 9.17) is 16.6 Å². The molecule has 2 rings (SSSR count). The summed E-state index contributed by atoms with van der Waals surface area (Å²) in [5.74, 6) is -1.46. The number of halogens is 3. The molecule has 0 fully saturated rings. The zero-order valence-electron chi connectivity index (χ0n) is 14.3. The van der Waals surface area contributed by atoms with Gasteiger partial charge >= 0.3 is 18.2 Å². The lowest BCUT2D eigenvalue weighted by Crippen LogP contribution is -2.28. The minimum atomic E-state index is -4.30. The van der Waals surface area contributed by atoms with Crippen molar-refractivity contribution in [2.75, 3.05) is 30.9 Å². The van der Waals surface area contributed by atoms with Gasteiger partial charge in [0.25, 0.3) is 0 Å². The molecule has 0 saturated heterocycles. The second kappa shape index (κ2) is 8.69. The Morgan fingerprint density at radius 1 is 1.22 bits per heavy atom. The summed E-state index contributed by atoms with van der Waals surface area (Å²) in [5.41, 5.74) is 9.74. The van der Waals surface area contributed by atoms with Gasteiger partial charge in [-0.15, -0.1) is 0 Å². The summed E-state index contributed by atoms with van der Waals surface area (Å²) in [6.45, 7) is 0. The molecular weight excluding hydrogens is 369 g/mol. The third-order valence-corrected chi connectivity index (χ3v) is 2.89. The van der Waals surface area contributed by atoms with Crippen molar-refractivity contribution in [1.82, 2.24) is 14.9 Å². The minimum Gasteiger partial charge on any atom is -0.477 e. The highest BCUT2D eigenvalue weighted by molar-refractivity contribution is 5.93. The van der Waals surface area contributed by atoms with Gasteiger partial charge in [-0.25, -0.2) is 14.6 Å². The topological polar surface area (TPSA) is 147 Å². The van der Waals surface area contributed by atoms with E-state index in [0.29, 0.717) is 0 Å². The predicted molar refractivity (Wildman–Crippen MR) is 92.0 cm³/mol. The Morgan fingerprint density at radius 3 is 2.26 bits per heavy atom. The van der Waals surface area contributed by atoms with Crippen LogP contribution in [0.2, 0.25) is 0 Å². The Hall–Kier alpha value is -3.57. The lowest BCUT2D eigenvalue weighted by molar-refractivity contribution is -0.137. The second-order valence-corrected chi connectivity index (χ2v) is 5.25. The van der Waals surface area contributed by atoms with Crippen LogP contribution in [0.25, 0.3) is 0 Å². The van der Waals surface area contributed by atoms with Gasteiger partial charge in [0, 0.05) is 26.0 Å². The van der Waals surface area contributed by atoms with Crippen molar-refractivity contribution in [3.05, 3.63) is 41.6 Å². The quantitative estimate of drug-likeness (QED) is 0.578. The molecule has 0 unspecified atom stereocenters. The first-order chi connectivity index (χ1) is 12.4. The zero-order chi connectivity index (χ0) is 20.8. The Bertz CT molecular complexity index is 827. The summed E-state index contributed by atoms with van der Waals surface area (Å²) < 4.78 is 35.7. The van der Waals surface area contributed by atoms with Crippen LogP contribution < -0.4 is 16.8 Å². The first kappa shape index (κ1) is 21.5. The first-order valence-electron chi connectivity index (χ1n) is 7.18. The monoisotopic (exact) mass is 386 g/mol. The lowest BCUT2D eigenvalue weighted by atomic mass is 10.2. The van der Waals surface area contributed by atoms with E-state index in [1.165, 1.54) is 17.0 Å². The molecule has 2 aromatic rings. The average Bonchev–Trinajstić information content (AvgIpc) is 2.54. The number of aromatic nitrogens is 2. The molecule has 146 valence electrons. The van der Waals surface area contributed by atoms with Gasteiger partial charge in [0.15, 0.2) is 0 Å². The number of benzene rings is 1. The Balaban J connectivity index is 0.000000289. The van der Waals surface area contributed by atoms with Crippen molar-refractivity contribution in [2.45, 2.75) is 6.18 Å². The second-order valence-electron chi connectivity index (χ2n) is 5.25. The molecule has 1 aromatic carbocycles. The number of urea groups is 1. The number of carbonyl (C=O) groups excluding carboxylic acids is 1. The maximum Gasteiger partial charge on any atom is 0.416 e. The molecule has 12 heteroatoms. The Kier molecular flexibility index (Phi) is 6.91. The van der Waals surface area contributed by atoms with Gasteiger partial charge in [0.1, 0.15) is 11.4 Å². The molecule has 0 saturated carbocycles. The number of hydrogen-bond acceptors (Lipinski definition) is 6. The zero-order valence-corrected chi connectivity index (χ0v) is 14.3. The van der Waals surface area contributed by atoms with Crippen molar-refractivity contribution >= 4 is 29.5 Å². The van der Waals surface area contributed by atoms with Crippen molar-refractivity contribution in [2.24, 2.45) is 0 Å². The van der Waals surface area contributed by atoms with Gasteiger partial charge in [0.05, 0.1) is 5.56 Å². The molecule has 0 aliphatic heterocycles. The van der Waals surface area contributed by atoms with Crippen LogP contribution in [0.5, 0.6) is 0 Å².